The van der Waals surface area contributed by atoms with E-state index >= 15 is 0 Å². The Morgan fingerprint density at radius 2 is 2.00 bits per heavy atom. The zero-order valence-corrected chi connectivity index (χ0v) is 14.0. The van der Waals surface area contributed by atoms with Gasteiger partial charge in [0.2, 0.25) is 0 Å². The van der Waals surface area contributed by atoms with Crippen molar-refractivity contribution >= 4 is 11.8 Å². The second kappa shape index (κ2) is 7.33. The molecule has 3 heteroatoms. The van der Waals surface area contributed by atoms with Gasteiger partial charge in [0.15, 0.2) is 0 Å². The minimum Gasteiger partial charge on any atom is -0.314 e. The topological polar surface area (TPSA) is 15.3 Å². The van der Waals surface area contributed by atoms with Crippen LogP contribution < -0.4 is 5.32 Å². The first-order chi connectivity index (χ1) is 9.17. The van der Waals surface area contributed by atoms with Crippen LogP contribution in [0, 0.1) is 5.92 Å². The largest absolute Gasteiger partial charge is 0.314 e. The third kappa shape index (κ3) is 3.68. The maximum Gasteiger partial charge on any atom is 0.0120 e. The van der Waals surface area contributed by atoms with E-state index in [0.29, 0.717) is 0 Å². The van der Waals surface area contributed by atoms with Crippen LogP contribution in [0.25, 0.3) is 0 Å². The van der Waals surface area contributed by atoms with Crippen LogP contribution in [0.3, 0.4) is 0 Å². The van der Waals surface area contributed by atoms with Gasteiger partial charge >= 0.3 is 0 Å². The van der Waals surface area contributed by atoms with Crippen LogP contribution in [-0.4, -0.2) is 47.6 Å². The minimum atomic E-state index is 0.740. The lowest BCUT2D eigenvalue weighted by molar-refractivity contribution is 0.0490. The van der Waals surface area contributed by atoms with Crippen LogP contribution >= 0.6 is 11.8 Å². The summed E-state index contributed by atoms with van der Waals surface area (Å²) in [6.07, 6.45) is 9.15. The van der Waals surface area contributed by atoms with Crippen molar-refractivity contribution in [3.63, 3.8) is 0 Å². The number of thioether (sulfide) groups is 1. The monoisotopic (exact) mass is 284 g/mol. The van der Waals surface area contributed by atoms with Gasteiger partial charge in [-0.3, -0.25) is 4.90 Å². The normalized spacial score (nSPS) is 40.7. The Bertz CT molecular complexity index is 271. The van der Waals surface area contributed by atoms with Crippen LogP contribution in [-0.2, 0) is 0 Å². The number of hydrogen-bond acceptors (Lipinski definition) is 3. The summed E-state index contributed by atoms with van der Waals surface area (Å²) in [5.41, 5.74) is 0. The van der Waals surface area contributed by atoms with Crippen molar-refractivity contribution in [3.8, 4) is 0 Å². The molecule has 1 aliphatic heterocycles. The number of rotatable bonds is 5. The van der Waals surface area contributed by atoms with E-state index in [1.807, 2.05) is 0 Å². The van der Waals surface area contributed by atoms with Gasteiger partial charge in [-0.05, 0) is 57.7 Å². The molecule has 2 aliphatic rings. The maximum atomic E-state index is 3.75. The van der Waals surface area contributed by atoms with Crippen molar-refractivity contribution in [1.82, 2.24) is 10.2 Å². The number of likely N-dealkylation sites (tertiary alicyclic amines) is 1. The Morgan fingerprint density at radius 3 is 2.63 bits per heavy atom. The summed E-state index contributed by atoms with van der Waals surface area (Å²) in [6, 6.07) is 2.35. The molecule has 0 bridgehead atoms. The molecule has 0 radical (unpaired) electrons. The fourth-order valence-corrected chi connectivity index (χ4v) is 4.74. The SMILES string of the molecule is CCCNC1CCN(C2CCC(SC)C2)C(C)C1C. The maximum absolute atomic E-state index is 3.75. The molecule has 0 aromatic carbocycles. The highest BCUT2D eigenvalue weighted by atomic mass is 32.2. The van der Waals surface area contributed by atoms with Gasteiger partial charge in [-0.2, -0.15) is 11.8 Å². The van der Waals surface area contributed by atoms with Crippen molar-refractivity contribution in [2.24, 2.45) is 5.92 Å². The summed E-state index contributed by atoms with van der Waals surface area (Å²) in [6.45, 7) is 9.65. The predicted molar refractivity (Wildman–Crippen MR) is 87.0 cm³/mol. The summed E-state index contributed by atoms with van der Waals surface area (Å²) in [7, 11) is 0. The van der Waals surface area contributed by atoms with Crippen LogP contribution in [0.15, 0.2) is 0 Å². The molecule has 0 aromatic heterocycles. The van der Waals surface area contributed by atoms with E-state index in [1.54, 1.807) is 0 Å². The lowest BCUT2D eigenvalue weighted by atomic mass is 9.85. The number of hydrogen-bond donors (Lipinski definition) is 1. The van der Waals surface area contributed by atoms with Crippen LogP contribution in [0.4, 0.5) is 0 Å². The van der Waals surface area contributed by atoms with Gasteiger partial charge < -0.3 is 5.32 Å². The molecule has 1 saturated heterocycles. The van der Waals surface area contributed by atoms with E-state index < -0.39 is 0 Å². The zero-order chi connectivity index (χ0) is 13.8. The Balaban J connectivity index is 1.88. The van der Waals surface area contributed by atoms with Gasteiger partial charge in [0.05, 0.1) is 0 Å². The van der Waals surface area contributed by atoms with Crippen LogP contribution in [0.1, 0.15) is 52.9 Å². The molecular weight excluding hydrogens is 252 g/mol. The van der Waals surface area contributed by atoms with E-state index in [-0.39, 0.29) is 0 Å². The summed E-state index contributed by atoms with van der Waals surface area (Å²) in [4.78, 5) is 2.82. The summed E-state index contributed by atoms with van der Waals surface area (Å²) >= 11 is 2.07. The van der Waals surface area contributed by atoms with E-state index in [0.717, 1.165) is 29.3 Å². The summed E-state index contributed by atoms with van der Waals surface area (Å²) in [5.74, 6) is 0.786. The van der Waals surface area contributed by atoms with Crippen molar-refractivity contribution in [1.29, 1.82) is 0 Å². The van der Waals surface area contributed by atoms with E-state index in [4.69, 9.17) is 0 Å². The lowest BCUT2D eigenvalue weighted by Gasteiger charge is -2.46. The second-order valence-corrected chi connectivity index (χ2v) is 7.65. The first-order valence-corrected chi connectivity index (χ1v) is 9.48. The molecule has 0 spiro atoms. The Hall–Kier alpha value is 0.270. The third-order valence-corrected chi connectivity index (χ3v) is 6.53. The molecule has 2 nitrogen and oxygen atoms in total. The van der Waals surface area contributed by atoms with Gasteiger partial charge in [-0.25, -0.2) is 0 Å². The van der Waals surface area contributed by atoms with Gasteiger partial charge in [0, 0.05) is 29.9 Å². The van der Waals surface area contributed by atoms with Crippen LogP contribution in [0.5, 0.6) is 0 Å². The van der Waals surface area contributed by atoms with Crippen molar-refractivity contribution in [2.45, 2.75) is 76.3 Å². The van der Waals surface area contributed by atoms with E-state index in [9.17, 15) is 0 Å². The van der Waals surface area contributed by atoms with Crippen LogP contribution in [0.2, 0.25) is 0 Å². The molecule has 1 heterocycles. The molecule has 112 valence electrons. The Labute approximate surface area is 124 Å². The average molecular weight is 285 g/mol. The first-order valence-electron chi connectivity index (χ1n) is 8.19. The van der Waals surface area contributed by atoms with Crippen molar-refractivity contribution in [2.75, 3.05) is 19.3 Å². The molecule has 0 aromatic rings. The van der Waals surface area contributed by atoms with Gasteiger partial charge in [0.1, 0.15) is 0 Å². The molecule has 1 saturated carbocycles. The smallest absolute Gasteiger partial charge is 0.0120 e. The molecular formula is C16H32N2S. The highest BCUT2D eigenvalue weighted by molar-refractivity contribution is 7.99. The molecule has 5 unspecified atom stereocenters. The van der Waals surface area contributed by atoms with E-state index in [1.165, 1.54) is 45.2 Å². The van der Waals surface area contributed by atoms with Gasteiger partial charge in [0.25, 0.3) is 0 Å². The predicted octanol–water partition coefficient (Wildman–Crippen LogP) is 3.37. The molecule has 2 fully saturated rings. The Morgan fingerprint density at radius 1 is 1.21 bits per heavy atom. The van der Waals surface area contributed by atoms with Gasteiger partial charge in [-0.15, -0.1) is 0 Å². The highest BCUT2D eigenvalue weighted by Crippen LogP contribution is 2.35. The quantitative estimate of drug-likeness (QED) is 0.833. The van der Waals surface area contributed by atoms with Crippen molar-refractivity contribution < 1.29 is 0 Å². The van der Waals surface area contributed by atoms with Crippen molar-refractivity contribution in [3.05, 3.63) is 0 Å². The highest BCUT2D eigenvalue weighted by Gasteiger charge is 2.38. The molecule has 5 atom stereocenters. The first kappa shape index (κ1) is 15.7. The second-order valence-electron chi connectivity index (χ2n) is 6.51. The molecule has 1 aliphatic carbocycles. The van der Waals surface area contributed by atoms with E-state index in [2.05, 4.69) is 49.0 Å². The molecule has 19 heavy (non-hydrogen) atoms. The Kier molecular flexibility index (Phi) is 6.04. The standard InChI is InChI=1S/C16H32N2S/c1-5-9-17-16-8-10-18(13(3)12(16)2)14-6-7-15(11-14)19-4/h12-17H,5-11H2,1-4H3. The third-order valence-electron chi connectivity index (χ3n) is 5.43. The summed E-state index contributed by atoms with van der Waals surface area (Å²) < 4.78 is 0. The lowest BCUT2D eigenvalue weighted by Crippen LogP contribution is -2.56. The summed E-state index contributed by atoms with van der Waals surface area (Å²) in [5, 5.41) is 4.67. The molecule has 0 amide bonds. The average Bonchev–Trinajstić information content (AvgIpc) is 2.89. The minimum absolute atomic E-state index is 0.740. The zero-order valence-electron chi connectivity index (χ0n) is 13.2. The molecule has 2 rings (SSSR count). The number of nitrogens with zero attached hydrogens (tertiary/aromatic N) is 1. The fraction of sp³-hybridized carbons (Fsp3) is 1.00. The van der Waals surface area contributed by atoms with Gasteiger partial charge in [-0.1, -0.05) is 13.8 Å². The molecule has 1 N–H and O–H groups in total. The number of nitrogens with one attached hydrogen (secondary N) is 1. The number of piperidine rings is 1. The fourth-order valence-electron chi connectivity index (χ4n) is 3.96.